The van der Waals surface area contributed by atoms with Gasteiger partial charge < -0.3 is 14.0 Å². The molecular formula is C23H24Cl2N4O3S. The molecule has 4 rings (SSSR count). The minimum Gasteiger partial charge on any atom is -0.497 e. The number of benzene rings is 2. The van der Waals surface area contributed by atoms with Gasteiger partial charge in [0.2, 0.25) is 5.91 Å². The lowest BCUT2D eigenvalue weighted by Crippen LogP contribution is -2.33. The number of nitrogens with zero attached hydrogens (tertiary/aromatic N) is 4. The summed E-state index contributed by atoms with van der Waals surface area (Å²) in [6, 6.07) is 11.1. The van der Waals surface area contributed by atoms with E-state index in [4.69, 9.17) is 26.1 Å². The van der Waals surface area contributed by atoms with E-state index in [-0.39, 0.29) is 24.7 Å². The molecule has 0 spiro atoms. The topological polar surface area (TPSA) is 69.5 Å². The number of halogens is 2. The summed E-state index contributed by atoms with van der Waals surface area (Å²) in [5, 5.41) is 1.20. The third-order valence-electron chi connectivity index (χ3n) is 5.07. The summed E-state index contributed by atoms with van der Waals surface area (Å²) in [7, 11) is 3.22. The summed E-state index contributed by atoms with van der Waals surface area (Å²) >= 11 is 7.80. The predicted octanol–water partition coefficient (Wildman–Crippen LogP) is 5.25. The Balaban J connectivity index is 0.00000306. The standard InChI is InChI=1S/C23H23ClN4O3S.ClH/c1-30-17-6-4-16(5-7-17)14-20(29)28(12-3-11-27-13-10-25-15-27)23-26-21-19(31-2)9-8-18(24)22(21)32-23;/h4-10,13,15H,3,11-12,14H2,1-2H3;1H. The zero-order valence-electron chi connectivity index (χ0n) is 18.2. The predicted molar refractivity (Wildman–Crippen MR) is 134 cm³/mol. The second kappa shape index (κ2) is 11.4. The van der Waals surface area contributed by atoms with Gasteiger partial charge in [0.1, 0.15) is 17.0 Å². The van der Waals surface area contributed by atoms with E-state index >= 15 is 0 Å². The monoisotopic (exact) mass is 506 g/mol. The minimum atomic E-state index is -0.0325. The van der Waals surface area contributed by atoms with Crippen molar-refractivity contribution in [2.75, 3.05) is 25.7 Å². The van der Waals surface area contributed by atoms with Crippen molar-refractivity contribution in [3.8, 4) is 11.5 Å². The molecule has 7 nitrogen and oxygen atoms in total. The van der Waals surface area contributed by atoms with Crippen LogP contribution in [0, 0.1) is 0 Å². The number of imidazole rings is 1. The van der Waals surface area contributed by atoms with Gasteiger partial charge in [-0.15, -0.1) is 12.4 Å². The summed E-state index contributed by atoms with van der Waals surface area (Å²) in [4.78, 5) is 23.9. The van der Waals surface area contributed by atoms with Crippen LogP contribution in [-0.2, 0) is 17.8 Å². The van der Waals surface area contributed by atoms with Crippen LogP contribution in [0.5, 0.6) is 11.5 Å². The van der Waals surface area contributed by atoms with E-state index in [1.807, 2.05) is 35.0 Å². The zero-order valence-corrected chi connectivity index (χ0v) is 20.6. The number of ether oxygens (including phenoxy) is 2. The van der Waals surface area contributed by atoms with Crippen LogP contribution in [0.15, 0.2) is 55.1 Å². The molecule has 0 aliphatic heterocycles. The Morgan fingerprint density at radius 3 is 2.61 bits per heavy atom. The molecule has 0 atom stereocenters. The Kier molecular flexibility index (Phi) is 8.55. The van der Waals surface area contributed by atoms with Crippen LogP contribution in [-0.4, -0.2) is 41.2 Å². The van der Waals surface area contributed by atoms with E-state index in [2.05, 4.69) is 4.98 Å². The second-order valence-electron chi connectivity index (χ2n) is 7.15. The minimum absolute atomic E-state index is 0. The van der Waals surface area contributed by atoms with Crippen LogP contribution < -0.4 is 14.4 Å². The number of methoxy groups -OCH3 is 2. The molecule has 0 aliphatic rings. The molecule has 33 heavy (non-hydrogen) atoms. The number of carbonyl (C=O) groups excluding carboxylic acids is 1. The van der Waals surface area contributed by atoms with Gasteiger partial charge in [0.25, 0.3) is 0 Å². The molecule has 0 aliphatic carbocycles. The van der Waals surface area contributed by atoms with Crippen LogP contribution >= 0.6 is 35.3 Å². The Morgan fingerprint density at radius 2 is 1.94 bits per heavy atom. The smallest absolute Gasteiger partial charge is 0.233 e. The number of rotatable bonds is 9. The van der Waals surface area contributed by atoms with Gasteiger partial charge in [-0.2, -0.15) is 0 Å². The number of anilines is 1. The Bertz CT molecular complexity index is 1200. The first-order valence-corrected chi connectivity index (χ1v) is 11.3. The van der Waals surface area contributed by atoms with Gasteiger partial charge >= 0.3 is 0 Å². The average Bonchev–Trinajstić information content (AvgIpc) is 3.48. The molecule has 0 fully saturated rings. The van der Waals surface area contributed by atoms with E-state index in [9.17, 15) is 4.79 Å². The van der Waals surface area contributed by atoms with Gasteiger partial charge in [-0.25, -0.2) is 9.97 Å². The van der Waals surface area contributed by atoms with Gasteiger partial charge in [-0.1, -0.05) is 35.1 Å². The quantitative estimate of drug-likeness (QED) is 0.310. The maximum Gasteiger partial charge on any atom is 0.233 e. The molecule has 10 heteroatoms. The molecule has 2 aromatic carbocycles. The van der Waals surface area contributed by atoms with E-state index in [1.165, 1.54) is 11.3 Å². The van der Waals surface area contributed by atoms with Crippen molar-refractivity contribution in [1.29, 1.82) is 0 Å². The van der Waals surface area contributed by atoms with Crippen LogP contribution in [0.1, 0.15) is 12.0 Å². The Morgan fingerprint density at radius 1 is 1.15 bits per heavy atom. The number of fused-ring (bicyclic) bond motifs is 1. The van der Waals surface area contributed by atoms with Crippen LogP contribution in [0.25, 0.3) is 10.2 Å². The van der Waals surface area contributed by atoms with Crippen molar-refractivity contribution in [2.24, 2.45) is 0 Å². The molecule has 0 bridgehead atoms. The fourth-order valence-corrected chi connectivity index (χ4v) is 4.69. The highest BCUT2D eigenvalue weighted by Gasteiger charge is 2.22. The number of hydrogen-bond acceptors (Lipinski definition) is 6. The Hall–Kier alpha value is -2.81. The van der Waals surface area contributed by atoms with Crippen molar-refractivity contribution < 1.29 is 14.3 Å². The van der Waals surface area contributed by atoms with E-state index in [0.717, 1.165) is 29.0 Å². The molecule has 0 N–H and O–H groups in total. The molecule has 0 saturated heterocycles. The highest BCUT2D eigenvalue weighted by atomic mass is 35.5. The molecule has 2 aromatic heterocycles. The lowest BCUT2D eigenvalue weighted by molar-refractivity contribution is -0.118. The molecule has 1 amide bonds. The lowest BCUT2D eigenvalue weighted by atomic mass is 10.1. The first-order chi connectivity index (χ1) is 15.6. The first-order valence-electron chi connectivity index (χ1n) is 10.1. The fraction of sp³-hybridized carbons (Fsp3) is 0.261. The highest BCUT2D eigenvalue weighted by molar-refractivity contribution is 7.23. The van der Waals surface area contributed by atoms with Crippen molar-refractivity contribution in [1.82, 2.24) is 14.5 Å². The largest absolute Gasteiger partial charge is 0.497 e. The highest BCUT2D eigenvalue weighted by Crippen LogP contribution is 2.39. The maximum atomic E-state index is 13.4. The van der Waals surface area contributed by atoms with Crippen molar-refractivity contribution in [3.63, 3.8) is 0 Å². The van der Waals surface area contributed by atoms with E-state index < -0.39 is 0 Å². The molecule has 0 saturated carbocycles. The van der Waals surface area contributed by atoms with Crippen LogP contribution in [0.4, 0.5) is 5.13 Å². The zero-order chi connectivity index (χ0) is 22.5. The molecular weight excluding hydrogens is 483 g/mol. The summed E-state index contributed by atoms with van der Waals surface area (Å²) in [5.74, 6) is 1.36. The molecule has 4 aromatic rings. The van der Waals surface area contributed by atoms with Crippen molar-refractivity contribution in [3.05, 3.63) is 65.7 Å². The summed E-state index contributed by atoms with van der Waals surface area (Å²) in [5.41, 5.74) is 1.57. The SMILES string of the molecule is COc1ccc(CC(=O)N(CCCn2ccnc2)c2nc3c(OC)ccc(Cl)c3s2)cc1.Cl. The number of carbonyl (C=O) groups is 1. The summed E-state index contributed by atoms with van der Waals surface area (Å²) in [6.07, 6.45) is 6.44. The number of aromatic nitrogens is 3. The molecule has 0 unspecified atom stereocenters. The normalized spacial score (nSPS) is 10.6. The number of aryl methyl sites for hydroxylation is 1. The lowest BCUT2D eigenvalue weighted by Gasteiger charge is -2.20. The summed E-state index contributed by atoms with van der Waals surface area (Å²) < 4.78 is 13.4. The second-order valence-corrected chi connectivity index (χ2v) is 8.53. The van der Waals surface area contributed by atoms with Crippen molar-refractivity contribution >= 4 is 56.6 Å². The molecule has 174 valence electrons. The Labute approximate surface area is 207 Å². The van der Waals surface area contributed by atoms with E-state index in [0.29, 0.717) is 28.0 Å². The number of thiazole rings is 1. The maximum absolute atomic E-state index is 13.4. The number of hydrogen-bond donors (Lipinski definition) is 0. The van der Waals surface area contributed by atoms with Gasteiger partial charge in [0.05, 0.1) is 36.7 Å². The van der Waals surface area contributed by atoms with Crippen molar-refractivity contribution in [2.45, 2.75) is 19.4 Å². The third kappa shape index (κ3) is 5.76. The van der Waals surface area contributed by atoms with Gasteiger partial charge in [0, 0.05) is 25.5 Å². The van der Waals surface area contributed by atoms with Crippen LogP contribution in [0.3, 0.4) is 0 Å². The molecule has 2 heterocycles. The van der Waals surface area contributed by atoms with E-state index in [1.54, 1.807) is 43.8 Å². The third-order valence-corrected chi connectivity index (χ3v) is 6.61. The molecule has 0 radical (unpaired) electrons. The summed E-state index contributed by atoms with van der Waals surface area (Å²) in [6.45, 7) is 1.27. The number of amides is 1. The first kappa shape index (κ1) is 24.8. The van der Waals surface area contributed by atoms with Gasteiger partial charge in [0.15, 0.2) is 5.13 Å². The van der Waals surface area contributed by atoms with Crippen LogP contribution in [0.2, 0.25) is 5.02 Å². The van der Waals surface area contributed by atoms with Gasteiger partial charge in [-0.05, 0) is 36.2 Å². The fourth-order valence-electron chi connectivity index (χ4n) is 3.39. The average molecular weight is 507 g/mol. The van der Waals surface area contributed by atoms with Gasteiger partial charge in [-0.3, -0.25) is 9.69 Å².